The Morgan fingerprint density at radius 1 is 1.44 bits per heavy atom. The molecule has 0 bridgehead atoms. The van der Waals surface area contributed by atoms with Gasteiger partial charge in [-0.05, 0) is 25.8 Å². The highest BCUT2D eigenvalue weighted by Gasteiger charge is 1.99. The van der Waals surface area contributed by atoms with Gasteiger partial charge >= 0.3 is 0 Å². The molecule has 0 aromatic carbocycles. The van der Waals surface area contributed by atoms with Gasteiger partial charge in [-0.25, -0.2) is 0 Å². The summed E-state index contributed by atoms with van der Waals surface area (Å²) < 4.78 is 0. The standard InChI is InChI=1S/C7H12N2/c1-6-2-4-7(9-8)5-3-6/h2,4,9H,3,5,8H2,1H3. The first-order valence-electron chi connectivity index (χ1n) is 3.16. The summed E-state index contributed by atoms with van der Waals surface area (Å²) >= 11 is 0. The molecule has 0 saturated heterocycles. The van der Waals surface area contributed by atoms with E-state index in [2.05, 4.69) is 18.4 Å². The molecule has 1 aliphatic rings. The van der Waals surface area contributed by atoms with Crippen molar-refractivity contribution in [1.82, 2.24) is 5.43 Å². The van der Waals surface area contributed by atoms with Crippen LogP contribution in [0.1, 0.15) is 19.8 Å². The lowest BCUT2D eigenvalue weighted by Crippen LogP contribution is -2.21. The molecule has 9 heavy (non-hydrogen) atoms. The lowest BCUT2D eigenvalue weighted by Gasteiger charge is -2.09. The molecule has 0 heterocycles. The predicted molar refractivity (Wildman–Crippen MR) is 38.4 cm³/mol. The van der Waals surface area contributed by atoms with Gasteiger partial charge in [0.05, 0.1) is 0 Å². The van der Waals surface area contributed by atoms with Gasteiger partial charge in [0, 0.05) is 5.70 Å². The van der Waals surface area contributed by atoms with Crippen molar-refractivity contribution < 1.29 is 0 Å². The maximum absolute atomic E-state index is 5.20. The Balaban J connectivity index is 2.59. The zero-order valence-corrected chi connectivity index (χ0v) is 5.65. The summed E-state index contributed by atoms with van der Waals surface area (Å²) in [7, 11) is 0. The van der Waals surface area contributed by atoms with Crippen molar-refractivity contribution in [3.63, 3.8) is 0 Å². The second-order valence-electron chi connectivity index (χ2n) is 2.35. The molecule has 0 aromatic heterocycles. The minimum atomic E-state index is 1.05. The Labute approximate surface area is 55.4 Å². The predicted octanol–water partition coefficient (Wildman–Crippen LogP) is 1.07. The summed E-state index contributed by atoms with van der Waals surface area (Å²) in [5.74, 6) is 5.20. The average Bonchev–Trinajstić information content (AvgIpc) is 1.90. The fourth-order valence-corrected chi connectivity index (χ4v) is 0.862. The molecule has 0 spiro atoms. The van der Waals surface area contributed by atoms with Crippen LogP contribution in [0.5, 0.6) is 0 Å². The van der Waals surface area contributed by atoms with Crippen LogP contribution >= 0.6 is 0 Å². The number of hydrogen-bond donors (Lipinski definition) is 2. The summed E-state index contributed by atoms with van der Waals surface area (Å²) in [5.41, 5.74) is 5.19. The average molecular weight is 124 g/mol. The molecule has 0 aromatic rings. The van der Waals surface area contributed by atoms with Gasteiger partial charge in [-0.15, -0.1) is 0 Å². The second kappa shape index (κ2) is 2.69. The van der Waals surface area contributed by atoms with Crippen LogP contribution in [0.3, 0.4) is 0 Å². The first kappa shape index (κ1) is 6.36. The summed E-state index contributed by atoms with van der Waals surface area (Å²) in [4.78, 5) is 0. The fraction of sp³-hybridized carbons (Fsp3) is 0.429. The second-order valence-corrected chi connectivity index (χ2v) is 2.35. The molecule has 0 amide bonds. The fourth-order valence-electron chi connectivity index (χ4n) is 0.862. The van der Waals surface area contributed by atoms with Crippen LogP contribution in [-0.4, -0.2) is 0 Å². The van der Waals surface area contributed by atoms with E-state index in [1.54, 1.807) is 0 Å². The maximum atomic E-state index is 5.20. The summed E-state index contributed by atoms with van der Waals surface area (Å²) in [5, 5.41) is 0. The van der Waals surface area contributed by atoms with Gasteiger partial charge in [0.15, 0.2) is 0 Å². The van der Waals surface area contributed by atoms with E-state index in [9.17, 15) is 0 Å². The zero-order valence-electron chi connectivity index (χ0n) is 5.65. The number of hydrazine groups is 1. The number of nitrogens with two attached hydrogens (primary N) is 1. The molecule has 50 valence electrons. The number of allylic oxidation sites excluding steroid dienone is 4. The van der Waals surface area contributed by atoms with Gasteiger partial charge in [0.1, 0.15) is 0 Å². The lowest BCUT2D eigenvalue weighted by atomic mass is 10.0. The van der Waals surface area contributed by atoms with E-state index < -0.39 is 0 Å². The van der Waals surface area contributed by atoms with Crippen molar-refractivity contribution in [2.75, 3.05) is 0 Å². The molecule has 1 aliphatic carbocycles. The van der Waals surface area contributed by atoms with Gasteiger partial charge in [0.25, 0.3) is 0 Å². The maximum Gasteiger partial charge on any atom is 0.0262 e. The first-order chi connectivity index (χ1) is 4.33. The quantitative estimate of drug-likeness (QED) is 0.405. The highest BCUT2D eigenvalue weighted by Crippen LogP contribution is 2.14. The van der Waals surface area contributed by atoms with Gasteiger partial charge < -0.3 is 5.43 Å². The smallest absolute Gasteiger partial charge is 0.0262 e. The van der Waals surface area contributed by atoms with Crippen molar-refractivity contribution in [3.05, 3.63) is 23.4 Å². The Morgan fingerprint density at radius 2 is 2.22 bits per heavy atom. The van der Waals surface area contributed by atoms with E-state index in [0.717, 1.165) is 18.5 Å². The minimum Gasteiger partial charge on any atom is -0.328 e. The molecule has 3 N–H and O–H groups in total. The molecule has 2 nitrogen and oxygen atoms in total. The third-order valence-electron chi connectivity index (χ3n) is 1.54. The molecule has 2 heteroatoms. The van der Waals surface area contributed by atoms with Crippen molar-refractivity contribution in [3.8, 4) is 0 Å². The summed E-state index contributed by atoms with van der Waals surface area (Å²) in [6.07, 6.45) is 6.31. The van der Waals surface area contributed by atoms with Crippen LogP contribution in [0.25, 0.3) is 0 Å². The van der Waals surface area contributed by atoms with Crippen LogP contribution in [0, 0.1) is 0 Å². The van der Waals surface area contributed by atoms with E-state index in [1.165, 1.54) is 5.57 Å². The minimum absolute atomic E-state index is 1.05. The van der Waals surface area contributed by atoms with Crippen LogP contribution in [0.2, 0.25) is 0 Å². The van der Waals surface area contributed by atoms with Crippen LogP contribution in [0.4, 0.5) is 0 Å². The van der Waals surface area contributed by atoms with Gasteiger partial charge in [-0.3, -0.25) is 5.84 Å². The molecule has 0 radical (unpaired) electrons. The Kier molecular flexibility index (Phi) is 1.90. The molecule has 0 unspecified atom stereocenters. The number of nitrogens with one attached hydrogen (secondary N) is 1. The Hall–Kier alpha value is -0.760. The van der Waals surface area contributed by atoms with E-state index in [-0.39, 0.29) is 0 Å². The van der Waals surface area contributed by atoms with Gasteiger partial charge in [-0.1, -0.05) is 11.6 Å². The third kappa shape index (κ3) is 1.57. The molecule has 0 fully saturated rings. The van der Waals surface area contributed by atoms with Crippen LogP contribution in [-0.2, 0) is 0 Å². The Bertz CT molecular complexity index is 156. The van der Waals surface area contributed by atoms with E-state index in [4.69, 9.17) is 5.84 Å². The molecule has 0 saturated carbocycles. The van der Waals surface area contributed by atoms with Crippen LogP contribution in [0.15, 0.2) is 23.4 Å². The van der Waals surface area contributed by atoms with E-state index >= 15 is 0 Å². The van der Waals surface area contributed by atoms with E-state index in [0.29, 0.717) is 0 Å². The highest BCUT2D eigenvalue weighted by atomic mass is 15.2. The topological polar surface area (TPSA) is 38.0 Å². The number of hydrogen-bond acceptors (Lipinski definition) is 2. The highest BCUT2D eigenvalue weighted by molar-refractivity contribution is 5.20. The van der Waals surface area contributed by atoms with Crippen LogP contribution < -0.4 is 11.3 Å². The SMILES string of the molecule is CC1=CC=C(NN)CC1. The Morgan fingerprint density at radius 3 is 2.67 bits per heavy atom. The van der Waals surface area contributed by atoms with Gasteiger partial charge in [0.2, 0.25) is 0 Å². The van der Waals surface area contributed by atoms with Crippen molar-refractivity contribution in [2.45, 2.75) is 19.8 Å². The molecule has 0 aliphatic heterocycles. The largest absolute Gasteiger partial charge is 0.328 e. The molecule has 0 atom stereocenters. The number of rotatable bonds is 1. The molecular formula is C7H12N2. The third-order valence-corrected chi connectivity index (χ3v) is 1.54. The first-order valence-corrected chi connectivity index (χ1v) is 3.16. The van der Waals surface area contributed by atoms with E-state index in [1.807, 2.05) is 6.08 Å². The normalized spacial score (nSPS) is 18.4. The summed E-state index contributed by atoms with van der Waals surface area (Å²) in [6, 6.07) is 0. The van der Waals surface area contributed by atoms with Gasteiger partial charge in [-0.2, -0.15) is 0 Å². The lowest BCUT2D eigenvalue weighted by molar-refractivity contribution is 0.771. The van der Waals surface area contributed by atoms with Crippen molar-refractivity contribution in [2.24, 2.45) is 5.84 Å². The molecular weight excluding hydrogens is 112 g/mol. The monoisotopic (exact) mass is 124 g/mol. The summed E-state index contributed by atoms with van der Waals surface area (Å²) in [6.45, 7) is 2.13. The van der Waals surface area contributed by atoms with Crippen molar-refractivity contribution >= 4 is 0 Å². The molecule has 1 rings (SSSR count). The van der Waals surface area contributed by atoms with Crippen molar-refractivity contribution in [1.29, 1.82) is 0 Å². The zero-order chi connectivity index (χ0) is 6.69.